The average molecular weight is 506 g/mol. The van der Waals surface area contributed by atoms with E-state index in [0.717, 1.165) is 5.56 Å². The summed E-state index contributed by atoms with van der Waals surface area (Å²) in [5.74, 6) is -0.511. The summed E-state index contributed by atoms with van der Waals surface area (Å²) in [6.07, 6.45) is 0. The fourth-order valence-electron chi connectivity index (χ4n) is 3.26. The number of rotatable bonds is 7. The van der Waals surface area contributed by atoms with Crippen LogP contribution in [0.15, 0.2) is 63.2 Å². The fourth-order valence-corrected chi connectivity index (χ4v) is 5.94. The Kier molecular flexibility index (Phi) is 6.90. The maximum atomic E-state index is 13.6. The molecule has 0 aliphatic carbocycles. The van der Waals surface area contributed by atoms with Crippen LogP contribution in [0.5, 0.6) is 11.6 Å². The SMILES string of the molecule is COc1ccccc1S(=O)(=O)c1c(NS(=O)(=O)c2ccc(C(C)(C)C)cc2)nc(C)nc1OC. The second-order valence-corrected chi connectivity index (χ2v) is 12.0. The van der Waals surface area contributed by atoms with Gasteiger partial charge in [-0.3, -0.25) is 4.72 Å². The highest BCUT2D eigenvalue weighted by molar-refractivity contribution is 7.93. The van der Waals surface area contributed by atoms with E-state index >= 15 is 0 Å². The first-order chi connectivity index (χ1) is 15.8. The Balaban J connectivity index is 2.17. The van der Waals surface area contributed by atoms with Crippen molar-refractivity contribution < 1.29 is 26.3 Å². The highest BCUT2D eigenvalue weighted by Crippen LogP contribution is 2.37. The number of methoxy groups -OCH3 is 2. The van der Waals surface area contributed by atoms with Gasteiger partial charge in [0.15, 0.2) is 10.7 Å². The Labute approximate surface area is 200 Å². The van der Waals surface area contributed by atoms with Crippen molar-refractivity contribution in [1.29, 1.82) is 0 Å². The van der Waals surface area contributed by atoms with Crippen molar-refractivity contribution in [1.82, 2.24) is 9.97 Å². The molecule has 3 aromatic rings. The minimum atomic E-state index is -4.35. The van der Waals surface area contributed by atoms with Crippen molar-refractivity contribution in [2.75, 3.05) is 18.9 Å². The van der Waals surface area contributed by atoms with Crippen LogP contribution in [0.4, 0.5) is 5.82 Å². The van der Waals surface area contributed by atoms with Crippen LogP contribution >= 0.6 is 0 Å². The van der Waals surface area contributed by atoms with Crippen molar-refractivity contribution in [3.8, 4) is 11.6 Å². The van der Waals surface area contributed by atoms with E-state index < -0.39 is 30.6 Å². The molecule has 0 unspecified atom stereocenters. The molecular formula is C23H27N3O6S2. The van der Waals surface area contributed by atoms with Gasteiger partial charge in [0.1, 0.15) is 16.5 Å². The normalized spacial score (nSPS) is 12.3. The van der Waals surface area contributed by atoms with E-state index in [1.165, 1.54) is 51.5 Å². The number of para-hydroxylation sites is 1. The van der Waals surface area contributed by atoms with Gasteiger partial charge in [0, 0.05) is 0 Å². The molecule has 0 amide bonds. The van der Waals surface area contributed by atoms with Crippen LogP contribution in [-0.2, 0) is 25.3 Å². The number of aryl methyl sites for hydroxylation is 1. The molecule has 9 nitrogen and oxygen atoms in total. The molecule has 2 aromatic carbocycles. The van der Waals surface area contributed by atoms with Crippen molar-refractivity contribution in [2.24, 2.45) is 0 Å². The topological polar surface area (TPSA) is 125 Å². The quantitative estimate of drug-likeness (QED) is 0.515. The summed E-state index contributed by atoms with van der Waals surface area (Å²) in [4.78, 5) is 7.41. The number of hydrogen-bond acceptors (Lipinski definition) is 8. The molecule has 0 spiro atoms. The van der Waals surface area contributed by atoms with E-state index in [1.807, 2.05) is 20.8 Å². The summed E-state index contributed by atoms with van der Waals surface area (Å²) in [6.45, 7) is 7.54. The molecule has 0 fully saturated rings. The van der Waals surface area contributed by atoms with Gasteiger partial charge in [0.05, 0.1) is 19.1 Å². The van der Waals surface area contributed by atoms with Crippen LogP contribution in [0.1, 0.15) is 32.2 Å². The Hall–Kier alpha value is -3.18. The number of nitrogens with zero attached hydrogens (tertiary/aromatic N) is 2. The molecule has 34 heavy (non-hydrogen) atoms. The van der Waals surface area contributed by atoms with Crippen LogP contribution in [0.25, 0.3) is 0 Å². The van der Waals surface area contributed by atoms with Gasteiger partial charge in [-0.2, -0.15) is 4.98 Å². The highest BCUT2D eigenvalue weighted by Gasteiger charge is 2.33. The summed E-state index contributed by atoms with van der Waals surface area (Å²) in [6, 6.07) is 12.3. The fraction of sp³-hybridized carbons (Fsp3) is 0.304. The molecule has 3 rings (SSSR count). The van der Waals surface area contributed by atoms with Gasteiger partial charge in [0.2, 0.25) is 15.7 Å². The minimum Gasteiger partial charge on any atom is -0.495 e. The summed E-state index contributed by atoms with van der Waals surface area (Å²) in [7, 11) is -5.97. The largest absolute Gasteiger partial charge is 0.495 e. The molecular weight excluding hydrogens is 478 g/mol. The summed E-state index contributed by atoms with van der Waals surface area (Å²) < 4.78 is 66.3. The maximum absolute atomic E-state index is 13.6. The second kappa shape index (κ2) is 9.22. The Morgan fingerprint density at radius 3 is 2.03 bits per heavy atom. The molecule has 0 saturated heterocycles. The van der Waals surface area contributed by atoms with Gasteiger partial charge in [0.25, 0.3) is 10.0 Å². The summed E-state index contributed by atoms with van der Waals surface area (Å²) in [5, 5.41) is 0. The number of sulfone groups is 1. The van der Waals surface area contributed by atoms with E-state index in [0.29, 0.717) is 0 Å². The number of anilines is 1. The van der Waals surface area contributed by atoms with Crippen LogP contribution in [0, 0.1) is 6.92 Å². The summed E-state index contributed by atoms with van der Waals surface area (Å²) in [5.41, 5.74) is 0.786. The van der Waals surface area contributed by atoms with Gasteiger partial charge >= 0.3 is 0 Å². The van der Waals surface area contributed by atoms with E-state index in [-0.39, 0.29) is 32.7 Å². The zero-order valence-electron chi connectivity index (χ0n) is 19.8. The third-order valence-electron chi connectivity index (χ3n) is 5.03. The predicted octanol–water partition coefficient (Wildman–Crippen LogP) is 3.73. The molecule has 1 aromatic heterocycles. The Morgan fingerprint density at radius 1 is 0.853 bits per heavy atom. The molecule has 0 aliphatic heterocycles. The first kappa shape index (κ1) is 25.4. The van der Waals surface area contributed by atoms with Gasteiger partial charge in [-0.25, -0.2) is 21.8 Å². The number of nitrogens with one attached hydrogen (secondary N) is 1. The molecule has 0 bridgehead atoms. The van der Waals surface area contributed by atoms with Crippen LogP contribution < -0.4 is 14.2 Å². The average Bonchev–Trinajstić information content (AvgIpc) is 2.77. The lowest BCUT2D eigenvalue weighted by Crippen LogP contribution is -2.19. The third kappa shape index (κ3) is 5.00. The zero-order valence-corrected chi connectivity index (χ0v) is 21.4. The smallest absolute Gasteiger partial charge is 0.263 e. The number of benzene rings is 2. The van der Waals surface area contributed by atoms with E-state index in [2.05, 4.69) is 14.7 Å². The molecule has 0 aliphatic rings. The predicted molar refractivity (Wildman–Crippen MR) is 128 cm³/mol. The van der Waals surface area contributed by atoms with Crippen molar-refractivity contribution in [3.05, 3.63) is 59.9 Å². The molecule has 11 heteroatoms. The van der Waals surface area contributed by atoms with E-state index in [1.54, 1.807) is 18.2 Å². The van der Waals surface area contributed by atoms with Gasteiger partial charge in [-0.05, 0) is 42.2 Å². The zero-order chi connectivity index (χ0) is 25.3. The number of sulfonamides is 1. The molecule has 0 atom stereocenters. The van der Waals surface area contributed by atoms with Crippen molar-refractivity contribution in [2.45, 2.75) is 47.8 Å². The lowest BCUT2D eigenvalue weighted by atomic mass is 9.87. The lowest BCUT2D eigenvalue weighted by Gasteiger charge is -2.19. The molecule has 0 radical (unpaired) electrons. The molecule has 182 valence electrons. The van der Waals surface area contributed by atoms with E-state index in [4.69, 9.17) is 9.47 Å². The third-order valence-corrected chi connectivity index (χ3v) is 8.21. The Morgan fingerprint density at radius 2 is 1.47 bits per heavy atom. The minimum absolute atomic E-state index is 0.0450. The highest BCUT2D eigenvalue weighted by atomic mass is 32.2. The van der Waals surface area contributed by atoms with Crippen LogP contribution in [0.3, 0.4) is 0 Å². The Bertz CT molecular complexity index is 1410. The molecule has 1 heterocycles. The molecule has 0 saturated carbocycles. The summed E-state index contributed by atoms with van der Waals surface area (Å²) >= 11 is 0. The van der Waals surface area contributed by atoms with Crippen molar-refractivity contribution in [3.63, 3.8) is 0 Å². The van der Waals surface area contributed by atoms with Crippen LogP contribution in [0.2, 0.25) is 0 Å². The van der Waals surface area contributed by atoms with Gasteiger partial charge in [-0.1, -0.05) is 45.0 Å². The maximum Gasteiger partial charge on any atom is 0.263 e. The van der Waals surface area contributed by atoms with Crippen LogP contribution in [-0.4, -0.2) is 41.0 Å². The van der Waals surface area contributed by atoms with Gasteiger partial charge < -0.3 is 9.47 Å². The lowest BCUT2D eigenvalue weighted by molar-refractivity contribution is 0.382. The number of ether oxygens (including phenoxy) is 2. The number of hydrogen-bond donors (Lipinski definition) is 1. The standard InChI is InChI=1S/C23H27N3O6S2/c1-15-24-21(26-34(29,30)17-13-11-16(12-14-17)23(2,3)4)20(22(25-15)32-6)33(27,28)19-10-8-7-9-18(19)31-5/h7-14H,1-6H3,(H,24,25,26). The molecule has 1 N–H and O–H groups in total. The van der Waals surface area contributed by atoms with Gasteiger partial charge in [-0.15, -0.1) is 0 Å². The van der Waals surface area contributed by atoms with Crippen molar-refractivity contribution >= 4 is 25.7 Å². The monoisotopic (exact) mass is 505 g/mol. The second-order valence-electron chi connectivity index (χ2n) is 8.49. The number of aromatic nitrogens is 2. The van der Waals surface area contributed by atoms with E-state index in [9.17, 15) is 16.8 Å². The first-order valence-electron chi connectivity index (χ1n) is 10.3. The first-order valence-corrected chi connectivity index (χ1v) is 13.2.